The zero-order chi connectivity index (χ0) is 14.5. The topological polar surface area (TPSA) is 60.7 Å². The predicted molar refractivity (Wildman–Crippen MR) is 80.9 cm³/mol. The first-order valence-corrected chi connectivity index (χ1v) is 7.76. The fourth-order valence-corrected chi connectivity index (χ4v) is 2.68. The van der Waals surface area contributed by atoms with E-state index < -0.39 is 0 Å². The van der Waals surface area contributed by atoms with Gasteiger partial charge in [-0.05, 0) is 24.3 Å². The van der Waals surface area contributed by atoms with E-state index in [0.717, 1.165) is 5.76 Å². The summed E-state index contributed by atoms with van der Waals surface area (Å²) in [7, 11) is 0. The summed E-state index contributed by atoms with van der Waals surface area (Å²) in [5.41, 5.74) is 0.711. The molecule has 0 fully saturated rings. The SMILES string of the molecule is O=C(CSCc1ccco1)Nc1ccc2c(c1)OCCO2. The van der Waals surface area contributed by atoms with Crippen LogP contribution in [-0.2, 0) is 10.5 Å². The van der Waals surface area contributed by atoms with Gasteiger partial charge < -0.3 is 19.2 Å². The number of ether oxygens (including phenoxy) is 2. The van der Waals surface area contributed by atoms with Crippen LogP contribution in [0.15, 0.2) is 41.0 Å². The van der Waals surface area contributed by atoms with Gasteiger partial charge in [-0.15, -0.1) is 11.8 Å². The number of thioether (sulfide) groups is 1. The number of carbonyl (C=O) groups is 1. The second kappa shape index (κ2) is 6.58. The van der Waals surface area contributed by atoms with E-state index in [1.165, 1.54) is 11.8 Å². The molecule has 1 aromatic carbocycles. The predicted octanol–water partition coefficient (Wildman–Crippen LogP) is 2.92. The second-order valence-electron chi connectivity index (χ2n) is 4.48. The van der Waals surface area contributed by atoms with Crippen molar-refractivity contribution in [3.8, 4) is 11.5 Å². The maximum absolute atomic E-state index is 11.9. The normalized spacial score (nSPS) is 13.0. The molecule has 0 unspecified atom stereocenters. The Kier molecular flexibility index (Phi) is 4.35. The Morgan fingerprint density at radius 3 is 2.86 bits per heavy atom. The molecule has 1 N–H and O–H groups in total. The van der Waals surface area contributed by atoms with Crippen LogP contribution < -0.4 is 14.8 Å². The quantitative estimate of drug-likeness (QED) is 0.920. The summed E-state index contributed by atoms with van der Waals surface area (Å²) in [5.74, 6) is 3.25. The number of nitrogens with one attached hydrogen (secondary N) is 1. The van der Waals surface area contributed by atoms with Crippen LogP contribution in [0.25, 0.3) is 0 Å². The molecule has 5 nitrogen and oxygen atoms in total. The summed E-state index contributed by atoms with van der Waals surface area (Å²) in [4.78, 5) is 11.9. The lowest BCUT2D eigenvalue weighted by molar-refractivity contribution is -0.113. The van der Waals surface area contributed by atoms with Crippen LogP contribution in [0.3, 0.4) is 0 Å². The van der Waals surface area contributed by atoms with Gasteiger partial charge in [0.05, 0.1) is 17.8 Å². The van der Waals surface area contributed by atoms with E-state index in [4.69, 9.17) is 13.9 Å². The van der Waals surface area contributed by atoms with Gasteiger partial charge in [-0.25, -0.2) is 0 Å². The van der Waals surface area contributed by atoms with Gasteiger partial charge in [-0.2, -0.15) is 0 Å². The molecular formula is C15H15NO4S. The standard InChI is InChI=1S/C15H15NO4S/c17-15(10-21-9-12-2-1-5-18-12)16-11-3-4-13-14(8-11)20-7-6-19-13/h1-5,8H,6-7,9-10H2,(H,16,17). The largest absolute Gasteiger partial charge is 0.486 e. The van der Waals surface area contributed by atoms with Crippen molar-refractivity contribution in [2.24, 2.45) is 0 Å². The fourth-order valence-electron chi connectivity index (χ4n) is 1.96. The molecule has 110 valence electrons. The lowest BCUT2D eigenvalue weighted by Gasteiger charge is -2.18. The van der Waals surface area contributed by atoms with Gasteiger partial charge in [0.25, 0.3) is 0 Å². The van der Waals surface area contributed by atoms with Crippen LogP contribution in [-0.4, -0.2) is 24.9 Å². The molecule has 1 aromatic heterocycles. The molecule has 0 atom stereocenters. The van der Waals surface area contributed by atoms with Gasteiger partial charge in [-0.1, -0.05) is 0 Å². The van der Waals surface area contributed by atoms with Crippen molar-refractivity contribution in [3.63, 3.8) is 0 Å². The van der Waals surface area contributed by atoms with Crippen molar-refractivity contribution >= 4 is 23.4 Å². The lowest BCUT2D eigenvalue weighted by Crippen LogP contribution is -2.17. The van der Waals surface area contributed by atoms with Crippen LogP contribution >= 0.6 is 11.8 Å². The first-order chi connectivity index (χ1) is 10.3. The molecule has 6 heteroatoms. The number of benzene rings is 1. The van der Waals surface area contributed by atoms with Crippen molar-refractivity contribution in [2.75, 3.05) is 24.3 Å². The molecule has 2 heterocycles. The maximum Gasteiger partial charge on any atom is 0.234 e. The third-order valence-electron chi connectivity index (χ3n) is 2.88. The van der Waals surface area contributed by atoms with Crippen molar-refractivity contribution < 1.29 is 18.7 Å². The molecule has 3 rings (SSSR count). The molecule has 0 saturated carbocycles. The monoisotopic (exact) mass is 305 g/mol. The number of amides is 1. The van der Waals surface area contributed by atoms with Gasteiger partial charge in [0.1, 0.15) is 19.0 Å². The number of rotatable bonds is 5. The minimum Gasteiger partial charge on any atom is -0.486 e. The van der Waals surface area contributed by atoms with Crippen molar-refractivity contribution in [1.29, 1.82) is 0 Å². The van der Waals surface area contributed by atoms with Crippen molar-refractivity contribution in [3.05, 3.63) is 42.4 Å². The zero-order valence-electron chi connectivity index (χ0n) is 11.3. The van der Waals surface area contributed by atoms with Gasteiger partial charge >= 0.3 is 0 Å². The summed E-state index contributed by atoms with van der Waals surface area (Å²) >= 11 is 1.51. The van der Waals surface area contributed by atoms with Crippen LogP contribution in [0.4, 0.5) is 5.69 Å². The third kappa shape index (κ3) is 3.72. The third-order valence-corrected chi connectivity index (χ3v) is 3.84. The van der Waals surface area contributed by atoms with Crippen LogP contribution in [0.2, 0.25) is 0 Å². The summed E-state index contributed by atoms with van der Waals surface area (Å²) in [6.45, 7) is 1.09. The highest BCUT2D eigenvalue weighted by atomic mass is 32.2. The Labute approximate surface area is 126 Å². The summed E-state index contributed by atoms with van der Waals surface area (Å²) in [5, 5.41) is 2.85. The number of furan rings is 1. The highest BCUT2D eigenvalue weighted by Crippen LogP contribution is 2.32. The van der Waals surface area contributed by atoms with Gasteiger partial charge in [-0.3, -0.25) is 4.79 Å². The number of carbonyl (C=O) groups excluding carboxylic acids is 1. The van der Waals surface area contributed by atoms with Gasteiger partial charge in [0, 0.05) is 11.8 Å². The first-order valence-electron chi connectivity index (χ1n) is 6.61. The summed E-state index contributed by atoms with van der Waals surface area (Å²) in [6.07, 6.45) is 1.63. The Balaban J connectivity index is 1.50. The molecule has 0 bridgehead atoms. The molecule has 21 heavy (non-hydrogen) atoms. The van der Waals surface area contributed by atoms with Crippen LogP contribution in [0.1, 0.15) is 5.76 Å². The lowest BCUT2D eigenvalue weighted by atomic mass is 10.2. The fraction of sp³-hybridized carbons (Fsp3) is 0.267. The van der Waals surface area contributed by atoms with E-state index in [1.54, 1.807) is 18.4 Å². The Morgan fingerprint density at radius 1 is 1.19 bits per heavy atom. The average molecular weight is 305 g/mol. The van der Waals surface area contributed by atoms with E-state index >= 15 is 0 Å². The van der Waals surface area contributed by atoms with E-state index in [2.05, 4.69) is 5.32 Å². The van der Waals surface area contributed by atoms with Crippen LogP contribution in [0, 0.1) is 0 Å². The number of fused-ring (bicyclic) bond motifs is 1. The molecule has 1 amide bonds. The number of hydrogen-bond donors (Lipinski definition) is 1. The molecule has 2 aromatic rings. The van der Waals surface area contributed by atoms with Crippen LogP contribution in [0.5, 0.6) is 11.5 Å². The van der Waals surface area contributed by atoms with Crippen molar-refractivity contribution in [1.82, 2.24) is 0 Å². The molecule has 0 aliphatic carbocycles. The Hall–Kier alpha value is -2.08. The Bertz CT molecular complexity index is 612. The van der Waals surface area contributed by atoms with Gasteiger partial charge in [0.15, 0.2) is 11.5 Å². The maximum atomic E-state index is 11.9. The molecule has 1 aliphatic heterocycles. The number of anilines is 1. The minimum absolute atomic E-state index is 0.0526. The van der Waals surface area contributed by atoms with E-state index in [-0.39, 0.29) is 5.91 Å². The highest BCUT2D eigenvalue weighted by Gasteiger charge is 2.12. The zero-order valence-corrected chi connectivity index (χ0v) is 12.2. The molecule has 0 saturated heterocycles. The number of hydrogen-bond acceptors (Lipinski definition) is 5. The van der Waals surface area contributed by atoms with E-state index in [0.29, 0.717) is 41.9 Å². The highest BCUT2D eigenvalue weighted by molar-refractivity contribution is 7.99. The van der Waals surface area contributed by atoms with E-state index in [9.17, 15) is 4.79 Å². The second-order valence-corrected chi connectivity index (χ2v) is 5.46. The average Bonchev–Trinajstić information content (AvgIpc) is 3.00. The van der Waals surface area contributed by atoms with E-state index in [1.807, 2.05) is 18.2 Å². The molecule has 0 radical (unpaired) electrons. The molecule has 1 aliphatic rings. The summed E-state index contributed by atoms with van der Waals surface area (Å²) < 4.78 is 16.1. The smallest absolute Gasteiger partial charge is 0.234 e. The first kappa shape index (κ1) is 13.9. The minimum atomic E-state index is -0.0526. The molecular weight excluding hydrogens is 290 g/mol. The Morgan fingerprint density at radius 2 is 2.05 bits per heavy atom. The van der Waals surface area contributed by atoms with Crippen molar-refractivity contribution in [2.45, 2.75) is 5.75 Å². The van der Waals surface area contributed by atoms with Gasteiger partial charge in [0.2, 0.25) is 5.91 Å². The summed E-state index contributed by atoms with van der Waals surface area (Å²) in [6, 6.07) is 9.13. The molecule has 0 spiro atoms.